The summed E-state index contributed by atoms with van der Waals surface area (Å²) in [5, 5.41) is 0.334. The molecule has 1 saturated heterocycles. The number of hydrogen-bond donors (Lipinski definition) is 0. The molecule has 1 atom stereocenters. The maximum atomic E-state index is 12.4. The van der Waals surface area contributed by atoms with Gasteiger partial charge in [0, 0.05) is 32.0 Å². The van der Waals surface area contributed by atoms with Gasteiger partial charge in [-0.2, -0.15) is 0 Å². The standard InChI is InChI=1S/C18H22ClN3O4S/c1-4-12-9-21-17(26-12)13-10-20-16(14(19)15(13)27(3)24)22-7-5-11(6-8-22)18(23)25-2/h9-11H,4-8H2,1-3H3. The minimum Gasteiger partial charge on any atom is -0.469 e. The lowest BCUT2D eigenvalue weighted by atomic mass is 9.97. The van der Waals surface area contributed by atoms with Gasteiger partial charge < -0.3 is 14.1 Å². The van der Waals surface area contributed by atoms with Crippen LogP contribution in [0.25, 0.3) is 11.5 Å². The topological polar surface area (TPSA) is 85.5 Å². The molecule has 1 unspecified atom stereocenters. The molecule has 0 radical (unpaired) electrons. The number of anilines is 1. The van der Waals surface area contributed by atoms with Gasteiger partial charge in [0.25, 0.3) is 0 Å². The molecule has 3 rings (SSSR count). The fraction of sp³-hybridized carbons (Fsp3) is 0.500. The molecule has 9 heteroatoms. The summed E-state index contributed by atoms with van der Waals surface area (Å²) in [5.41, 5.74) is 0.536. The average molecular weight is 412 g/mol. The van der Waals surface area contributed by atoms with E-state index in [1.54, 1.807) is 18.6 Å². The number of hydrogen-bond acceptors (Lipinski definition) is 7. The molecular weight excluding hydrogens is 390 g/mol. The second kappa shape index (κ2) is 8.39. The van der Waals surface area contributed by atoms with Gasteiger partial charge in [0.2, 0.25) is 5.89 Å². The van der Waals surface area contributed by atoms with Crippen molar-refractivity contribution in [2.24, 2.45) is 5.92 Å². The highest BCUT2D eigenvalue weighted by molar-refractivity contribution is 7.84. The Labute approximate surface area is 165 Å². The number of ether oxygens (including phenoxy) is 1. The van der Waals surface area contributed by atoms with Gasteiger partial charge in [-0.25, -0.2) is 9.97 Å². The number of esters is 1. The van der Waals surface area contributed by atoms with Crippen LogP contribution in [0.1, 0.15) is 25.5 Å². The minimum atomic E-state index is -1.35. The maximum absolute atomic E-state index is 12.4. The Balaban J connectivity index is 1.91. The van der Waals surface area contributed by atoms with Gasteiger partial charge in [-0.1, -0.05) is 18.5 Å². The zero-order valence-electron chi connectivity index (χ0n) is 15.5. The van der Waals surface area contributed by atoms with Crippen LogP contribution in [0.3, 0.4) is 0 Å². The van der Waals surface area contributed by atoms with E-state index >= 15 is 0 Å². The van der Waals surface area contributed by atoms with Gasteiger partial charge in [-0.3, -0.25) is 9.00 Å². The summed E-state index contributed by atoms with van der Waals surface area (Å²) >= 11 is 6.60. The predicted octanol–water partition coefficient (Wildman–Crippen LogP) is 3.08. The average Bonchev–Trinajstić information content (AvgIpc) is 3.16. The number of halogens is 1. The molecule has 2 aromatic heterocycles. The number of rotatable bonds is 5. The van der Waals surface area contributed by atoms with Gasteiger partial charge in [-0.05, 0) is 12.8 Å². The van der Waals surface area contributed by atoms with E-state index in [-0.39, 0.29) is 11.9 Å². The van der Waals surface area contributed by atoms with E-state index in [4.69, 9.17) is 20.8 Å². The third-order valence-corrected chi connectivity index (χ3v) is 6.17. The van der Waals surface area contributed by atoms with Crippen molar-refractivity contribution in [3.8, 4) is 11.5 Å². The van der Waals surface area contributed by atoms with Crippen molar-refractivity contribution in [3.63, 3.8) is 0 Å². The van der Waals surface area contributed by atoms with Crippen LogP contribution in [-0.2, 0) is 26.8 Å². The number of pyridine rings is 1. The summed E-state index contributed by atoms with van der Waals surface area (Å²) in [7, 11) is 0.0556. The van der Waals surface area contributed by atoms with Crippen molar-refractivity contribution < 1.29 is 18.2 Å². The minimum absolute atomic E-state index is 0.108. The van der Waals surface area contributed by atoms with E-state index in [0.717, 1.165) is 5.76 Å². The van der Waals surface area contributed by atoms with E-state index in [1.807, 2.05) is 11.8 Å². The molecule has 0 saturated carbocycles. The fourth-order valence-corrected chi connectivity index (χ4v) is 4.59. The second-order valence-corrected chi connectivity index (χ2v) is 8.06. The first-order valence-corrected chi connectivity index (χ1v) is 10.7. The van der Waals surface area contributed by atoms with Crippen LogP contribution >= 0.6 is 11.6 Å². The number of nitrogens with zero attached hydrogens (tertiary/aromatic N) is 3. The SMILES string of the molecule is CCc1cnc(-c2cnc(N3CCC(C(=O)OC)CC3)c(Cl)c2S(C)=O)o1. The molecule has 0 spiro atoms. The molecular formula is C18H22ClN3O4S. The van der Waals surface area contributed by atoms with Crippen molar-refractivity contribution in [1.82, 2.24) is 9.97 Å². The molecule has 7 nitrogen and oxygen atoms in total. The normalized spacial score (nSPS) is 16.4. The number of aromatic nitrogens is 2. The number of oxazole rings is 1. The van der Waals surface area contributed by atoms with Gasteiger partial charge in [0.15, 0.2) is 0 Å². The van der Waals surface area contributed by atoms with Crippen LogP contribution in [0.5, 0.6) is 0 Å². The Hall–Kier alpha value is -1.93. The quantitative estimate of drug-likeness (QED) is 0.699. The molecule has 146 valence electrons. The number of carbonyl (C=O) groups excluding carboxylic acids is 1. The molecule has 1 aliphatic heterocycles. The lowest BCUT2D eigenvalue weighted by Gasteiger charge is -2.32. The zero-order chi connectivity index (χ0) is 19.6. The number of piperidine rings is 1. The molecule has 2 aromatic rings. The molecule has 3 heterocycles. The van der Waals surface area contributed by atoms with Crippen LogP contribution < -0.4 is 4.90 Å². The van der Waals surface area contributed by atoms with E-state index in [9.17, 15) is 9.00 Å². The van der Waals surface area contributed by atoms with Crippen LogP contribution in [0.15, 0.2) is 21.7 Å². The van der Waals surface area contributed by atoms with E-state index in [2.05, 4.69) is 9.97 Å². The molecule has 1 aliphatic rings. The summed E-state index contributed by atoms with van der Waals surface area (Å²) in [6, 6.07) is 0. The van der Waals surface area contributed by atoms with E-state index in [1.165, 1.54) is 7.11 Å². The van der Waals surface area contributed by atoms with Crippen molar-refractivity contribution in [3.05, 3.63) is 23.2 Å². The largest absolute Gasteiger partial charge is 0.469 e. The van der Waals surface area contributed by atoms with Gasteiger partial charge in [0.1, 0.15) is 16.6 Å². The first-order valence-electron chi connectivity index (χ1n) is 8.76. The molecule has 0 N–H and O–H groups in total. The summed E-state index contributed by atoms with van der Waals surface area (Å²) in [5.74, 6) is 1.38. The summed E-state index contributed by atoms with van der Waals surface area (Å²) < 4.78 is 22.9. The Kier molecular flexibility index (Phi) is 6.16. The third-order valence-electron chi connectivity index (χ3n) is 4.71. The highest BCUT2D eigenvalue weighted by atomic mass is 35.5. The van der Waals surface area contributed by atoms with Crippen LogP contribution in [0, 0.1) is 5.92 Å². The lowest BCUT2D eigenvalue weighted by Crippen LogP contribution is -2.37. The van der Waals surface area contributed by atoms with Crippen molar-refractivity contribution in [2.45, 2.75) is 31.1 Å². The van der Waals surface area contributed by atoms with Gasteiger partial charge >= 0.3 is 5.97 Å². The lowest BCUT2D eigenvalue weighted by molar-refractivity contribution is -0.146. The molecule has 1 fully saturated rings. The van der Waals surface area contributed by atoms with E-state index in [0.29, 0.717) is 59.5 Å². The zero-order valence-corrected chi connectivity index (χ0v) is 17.1. The Morgan fingerprint density at radius 1 is 1.37 bits per heavy atom. The molecule has 0 aromatic carbocycles. The smallest absolute Gasteiger partial charge is 0.308 e. The Morgan fingerprint density at radius 3 is 2.63 bits per heavy atom. The number of methoxy groups -OCH3 is 1. The predicted molar refractivity (Wildman–Crippen MR) is 103 cm³/mol. The van der Waals surface area contributed by atoms with Crippen LogP contribution in [-0.4, -0.2) is 46.6 Å². The maximum Gasteiger partial charge on any atom is 0.308 e. The van der Waals surface area contributed by atoms with Crippen LogP contribution in [0.2, 0.25) is 5.02 Å². The fourth-order valence-electron chi connectivity index (χ4n) is 3.20. The molecule has 0 aliphatic carbocycles. The summed E-state index contributed by atoms with van der Waals surface area (Å²) in [6.07, 6.45) is 6.87. The molecule has 0 bridgehead atoms. The van der Waals surface area contributed by atoms with Gasteiger partial charge in [-0.15, -0.1) is 0 Å². The summed E-state index contributed by atoms with van der Waals surface area (Å²) in [6.45, 7) is 3.22. The molecule has 0 amide bonds. The molecule has 27 heavy (non-hydrogen) atoms. The Bertz CT molecular complexity index is 862. The first-order chi connectivity index (χ1) is 13.0. The Morgan fingerprint density at radius 2 is 2.07 bits per heavy atom. The van der Waals surface area contributed by atoms with Gasteiger partial charge in [0.05, 0.1) is 40.5 Å². The monoisotopic (exact) mass is 411 g/mol. The third kappa shape index (κ3) is 4.01. The van der Waals surface area contributed by atoms with Crippen molar-refractivity contribution >= 4 is 34.2 Å². The number of carbonyl (C=O) groups is 1. The highest BCUT2D eigenvalue weighted by Gasteiger charge is 2.29. The second-order valence-electron chi connectivity index (χ2n) is 6.36. The van der Waals surface area contributed by atoms with Crippen molar-refractivity contribution in [2.75, 3.05) is 31.4 Å². The first kappa shape index (κ1) is 19.8. The van der Waals surface area contributed by atoms with E-state index < -0.39 is 10.8 Å². The highest BCUT2D eigenvalue weighted by Crippen LogP contribution is 2.37. The van der Waals surface area contributed by atoms with Crippen LogP contribution in [0.4, 0.5) is 5.82 Å². The summed E-state index contributed by atoms with van der Waals surface area (Å²) in [4.78, 5) is 22.9. The number of aryl methyl sites for hydroxylation is 1. The van der Waals surface area contributed by atoms with Crippen molar-refractivity contribution in [1.29, 1.82) is 0 Å².